The minimum Gasteiger partial charge on any atom is -0.330 e. The molecule has 0 aliphatic heterocycles. The maximum atomic E-state index is 5.45. The summed E-state index contributed by atoms with van der Waals surface area (Å²) in [5, 5.41) is 0. The zero-order valence-electron chi connectivity index (χ0n) is 6.60. The summed E-state index contributed by atoms with van der Waals surface area (Å²) < 4.78 is 1.17. The molecular formula is C9H12BrN. The molecule has 0 saturated heterocycles. The van der Waals surface area contributed by atoms with E-state index in [1.54, 1.807) is 0 Å². The summed E-state index contributed by atoms with van der Waals surface area (Å²) >= 11 is 3.49. The van der Waals surface area contributed by atoms with Gasteiger partial charge in [-0.05, 0) is 37.1 Å². The molecule has 1 nitrogen and oxygen atoms in total. The number of nitrogens with two attached hydrogens (primary N) is 1. The zero-order chi connectivity index (χ0) is 8.27. The Morgan fingerprint density at radius 3 is 2.73 bits per heavy atom. The standard InChI is InChI=1S/C9H12BrN/c1-7-2-3-8(4-5-11)9(10)6-7/h2-3,6H,4-5,11H2,1H3. The molecule has 0 atom stereocenters. The minimum absolute atomic E-state index is 0.710. The van der Waals surface area contributed by atoms with Gasteiger partial charge in [-0.2, -0.15) is 0 Å². The van der Waals surface area contributed by atoms with Gasteiger partial charge in [0, 0.05) is 4.47 Å². The minimum atomic E-state index is 0.710. The second kappa shape index (κ2) is 3.88. The fourth-order valence-corrected chi connectivity index (χ4v) is 1.70. The van der Waals surface area contributed by atoms with E-state index < -0.39 is 0 Å². The highest BCUT2D eigenvalue weighted by Crippen LogP contribution is 2.18. The Bertz CT molecular complexity index is 245. The van der Waals surface area contributed by atoms with Gasteiger partial charge in [-0.15, -0.1) is 0 Å². The molecule has 2 N–H and O–H groups in total. The highest BCUT2D eigenvalue weighted by atomic mass is 79.9. The van der Waals surface area contributed by atoms with Crippen LogP contribution < -0.4 is 5.73 Å². The van der Waals surface area contributed by atoms with Crippen molar-refractivity contribution >= 4 is 15.9 Å². The first-order chi connectivity index (χ1) is 5.24. The first-order valence-corrected chi connectivity index (χ1v) is 4.48. The number of hydrogen-bond acceptors (Lipinski definition) is 1. The molecule has 0 unspecified atom stereocenters. The lowest BCUT2D eigenvalue weighted by Gasteiger charge is -2.02. The second-order valence-electron chi connectivity index (χ2n) is 2.63. The first kappa shape index (κ1) is 8.75. The van der Waals surface area contributed by atoms with Gasteiger partial charge >= 0.3 is 0 Å². The molecule has 1 aromatic rings. The third-order valence-corrected chi connectivity index (χ3v) is 2.36. The summed E-state index contributed by atoms with van der Waals surface area (Å²) in [6.07, 6.45) is 0.945. The molecule has 0 aromatic heterocycles. The van der Waals surface area contributed by atoms with Crippen LogP contribution in [0, 0.1) is 6.92 Å². The Hall–Kier alpha value is -0.340. The van der Waals surface area contributed by atoms with Crippen LogP contribution >= 0.6 is 15.9 Å². The average molecular weight is 214 g/mol. The Morgan fingerprint density at radius 1 is 1.45 bits per heavy atom. The summed E-state index contributed by atoms with van der Waals surface area (Å²) in [5.41, 5.74) is 8.01. The van der Waals surface area contributed by atoms with Gasteiger partial charge in [0.15, 0.2) is 0 Å². The van der Waals surface area contributed by atoms with Crippen molar-refractivity contribution in [1.29, 1.82) is 0 Å². The van der Waals surface area contributed by atoms with Gasteiger partial charge in [0.2, 0.25) is 0 Å². The number of halogens is 1. The fraction of sp³-hybridized carbons (Fsp3) is 0.333. The Kier molecular flexibility index (Phi) is 3.09. The highest BCUT2D eigenvalue weighted by molar-refractivity contribution is 9.10. The Morgan fingerprint density at radius 2 is 2.18 bits per heavy atom. The van der Waals surface area contributed by atoms with Gasteiger partial charge in [-0.3, -0.25) is 0 Å². The lowest BCUT2D eigenvalue weighted by molar-refractivity contribution is 0.962. The number of aryl methyl sites for hydroxylation is 1. The number of hydrogen-bond donors (Lipinski definition) is 1. The van der Waals surface area contributed by atoms with Gasteiger partial charge in [0.05, 0.1) is 0 Å². The fourth-order valence-electron chi connectivity index (χ4n) is 1.01. The van der Waals surface area contributed by atoms with Gasteiger partial charge in [-0.1, -0.05) is 28.1 Å². The van der Waals surface area contributed by atoms with Crippen LogP contribution in [0.2, 0.25) is 0 Å². The van der Waals surface area contributed by atoms with Crippen molar-refractivity contribution in [2.24, 2.45) is 5.73 Å². The van der Waals surface area contributed by atoms with E-state index in [0.717, 1.165) is 6.42 Å². The third kappa shape index (κ3) is 2.31. The molecule has 0 bridgehead atoms. The average Bonchev–Trinajstić information content (AvgIpc) is 1.95. The molecule has 2 heteroatoms. The first-order valence-electron chi connectivity index (χ1n) is 3.69. The summed E-state index contributed by atoms with van der Waals surface area (Å²) in [5.74, 6) is 0. The van der Waals surface area contributed by atoms with Gasteiger partial charge in [0.25, 0.3) is 0 Å². The van der Waals surface area contributed by atoms with Gasteiger partial charge in [-0.25, -0.2) is 0 Å². The second-order valence-corrected chi connectivity index (χ2v) is 3.49. The maximum Gasteiger partial charge on any atom is 0.0210 e. The Labute approximate surface area is 75.7 Å². The monoisotopic (exact) mass is 213 g/mol. The van der Waals surface area contributed by atoms with Crippen molar-refractivity contribution < 1.29 is 0 Å². The summed E-state index contributed by atoms with van der Waals surface area (Å²) in [4.78, 5) is 0. The van der Waals surface area contributed by atoms with Crippen LogP contribution in [-0.2, 0) is 6.42 Å². The Balaban J connectivity index is 2.90. The van der Waals surface area contributed by atoms with Crippen molar-refractivity contribution in [1.82, 2.24) is 0 Å². The topological polar surface area (TPSA) is 26.0 Å². The highest BCUT2D eigenvalue weighted by Gasteiger charge is 1.97. The smallest absolute Gasteiger partial charge is 0.0210 e. The lowest BCUT2D eigenvalue weighted by atomic mass is 10.1. The SMILES string of the molecule is Cc1ccc(CCN)c(Br)c1. The summed E-state index contributed by atoms with van der Waals surface area (Å²) in [6.45, 7) is 2.79. The molecule has 0 amide bonds. The maximum absolute atomic E-state index is 5.45. The van der Waals surface area contributed by atoms with E-state index in [2.05, 4.69) is 41.1 Å². The molecule has 0 aliphatic rings. The van der Waals surface area contributed by atoms with Crippen LogP contribution in [-0.4, -0.2) is 6.54 Å². The van der Waals surface area contributed by atoms with E-state index in [0.29, 0.717) is 6.54 Å². The predicted octanol–water partition coefficient (Wildman–Crippen LogP) is 2.26. The van der Waals surface area contributed by atoms with Gasteiger partial charge in [0.1, 0.15) is 0 Å². The molecule has 0 fully saturated rings. The molecule has 1 rings (SSSR count). The molecule has 1 aromatic carbocycles. The molecule has 0 spiro atoms. The van der Waals surface area contributed by atoms with Crippen LogP contribution in [0.3, 0.4) is 0 Å². The normalized spacial score (nSPS) is 10.1. The van der Waals surface area contributed by atoms with Crippen LogP contribution in [0.4, 0.5) is 0 Å². The van der Waals surface area contributed by atoms with Crippen LogP contribution in [0.25, 0.3) is 0 Å². The van der Waals surface area contributed by atoms with E-state index in [1.165, 1.54) is 15.6 Å². The van der Waals surface area contributed by atoms with Crippen molar-refractivity contribution in [2.45, 2.75) is 13.3 Å². The van der Waals surface area contributed by atoms with E-state index in [9.17, 15) is 0 Å². The lowest BCUT2D eigenvalue weighted by Crippen LogP contribution is -2.03. The van der Waals surface area contributed by atoms with Crippen LogP contribution in [0.1, 0.15) is 11.1 Å². The largest absolute Gasteiger partial charge is 0.330 e. The molecular weight excluding hydrogens is 202 g/mol. The van der Waals surface area contributed by atoms with E-state index in [1.807, 2.05) is 0 Å². The quantitative estimate of drug-likeness (QED) is 0.802. The number of rotatable bonds is 2. The van der Waals surface area contributed by atoms with Crippen molar-refractivity contribution in [2.75, 3.05) is 6.54 Å². The number of benzene rings is 1. The van der Waals surface area contributed by atoms with Gasteiger partial charge < -0.3 is 5.73 Å². The van der Waals surface area contributed by atoms with Crippen LogP contribution in [0.15, 0.2) is 22.7 Å². The molecule has 0 aliphatic carbocycles. The molecule has 0 radical (unpaired) electrons. The third-order valence-electron chi connectivity index (χ3n) is 1.62. The van der Waals surface area contributed by atoms with E-state index >= 15 is 0 Å². The predicted molar refractivity (Wildman–Crippen MR) is 51.6 cm³/mol. The van der Waals surface area contributed by atoms with Crippen molar-refractivity contribution in [3.8, 4) is 0 Å². The van der Waals surface area contributed by atoms with E-state index in [4.69, 9.17) is 5.73 Å². The molecule has 11 heavy (non-hydrogen) atoms. The molecule has 60 valence electrons. The summed E-state index contributed by atoms with van der Waals surface area (Å²) in [7, 11) is 0. The van der Waals surface area contributed by atoms with Crippen molar-refractivity contribution in [3.63, 3.8) is 0 Å². The van der Waals surface area contributed by atoms with Crippen LogP contribution in [0.5, 0.6) is 0 Å². The molecule has 0 saturated carbocycles. The van der Waals surface area contributed by atoms with Crippen molar-refractivity contribution in [3.05, 3.63) is 33.8 Å². The molecule has 0 heterocycles. The summed E-state index contributed by atoms with van der Waals surface area (Å²) in [6, 6.07) is 6.34. The zero-order valence-corrected chi connectivity index (χ0v) is 8.19. The van der Waals surface area contributed by atoms with E-state index in [-0.39, 0.29) is 0 Å².